The van der Waals surface area contributed by atoms with Crippen molar-refractivity contribution < 1.29 is 9.53 Å². The van der Waals surface area contributed by atoms with Gasteiger partial charge in [-0.15, -0.1) is 0 Å². The molecule has 0 saturated carbocycles. The Morgan fingerprint density at radius 1 is 1.60 bits per heavy atom. The Bertz CT molecular complexity index is 225. The van der Waals surface area contributed by atoms with E-state index in [1.54, 1.807) is 7.11 Å². The van der Waals surface area contributed by atoms with Crippen molar-refractivity contribution in [3.05, 3.63) is 0 Å². The van der Waals surface area contributed by atoms with Gasteiger partial charge in [0.25, 0.3) is 0 Å². The molecule has 0 heterocycles. The van der Waals surface area contributed by atoms with Crippen molar-refractivity contribution in [3.63, 3.8) is 0 Å². The first-order chi connectivity index (χ1) is 7.17. The van der Waals surface area contributed by atoms with Crippen molar-refractivity contribution in [2.75, 3.05) is 26.8 Å². The number of nitrogens with two attached hydrogens (primary N) is 1. The second kappa shape index (κ2) is 8.21. The van der Waals surface area contributed by atoms with Crippen molar-refractivity contribution in [2.45, 2.75) is 25.8 Å². The molecule has 0 aliphatic heterocycles. The Morgan fingerprint density at radius 2 is 2.27 bits per heavy atom. The van der Waals surface area contributed by atoms with Crippen LogP contribution < -0.4 is 5.73 Å². The summed E-state index contributed by atoms with van der Waals surface area (Å²) in [6.45, 7) is 3.62. The maximum absolute atomic E-state index is 11.2. The second-order valence-electron chi connectivity index (χ2n) is 3.26. The van der Waals surface area contributed by atoms with Gasteiger partial charge in [-0.25, -0.2) is 0 Å². The zero-order valence-electron chi connectivity index (χ0n) is 9.40. The zero-order valence-corrected chi connectivity index (χ0v) is 9.40. The number of amides is 1. The van der Waals surface area contributed by atoms with Crippen LogP contribution in [0, 0.1) is 11.3 Å². The topological polar surface area (TPSA) is 79.4 Å². The third-order valence-corrected chi connectivity index (χ3v) is 2.25. The van der Waals surface area contributed by atoms with E-state index in [1.165, 1.54) is 0 Å². The number of hydrogen-bond donors (Lipinski definition) is 1. The zero-order chi connectivity index (χ0) is 11.7. The van der Waals surface area contributed by atoms with Gasteiger partial charge in [0.2, 0.25) is 5.91 Å². The molecule has 0 aliphatic carbocycles. The van der Waals surface area contributed by atoms with Gasteiger partial charge >= 0.3 is 0 Å². The van der Waals surface area contributed by atoms with Crippen LogP contribution in [0.25, 0.3) is 0 Å². The number of methoxy groups -OCH3 is 1. The van der Waals surface area contributed by atoms with Crippen molar-refractivity contribution >= 4 is 5.91 Å². The highest BCUT2D eigenvalue weighted by Gasteiger charge is 2.20. The molecule has 86 valence electrons. The summed E-state index contributed by atoms with van der Waals surface area (Å²) in [7, 11) is 1.60. The van der Waals surface area contributed by atoms with E-state index >= 15 is 0 Å². The molecule has 2 N–H and O–H groups in total. The average Bonchev–Trinajstić information content (AvgIpc) is 2.21. The van der Waals surface area contributed by atoms with Crippen LogP contribution in [0.3, 0.4) is 0 Å². The van der Waals surface area contributed by atoms with Gasteiger partial charge in [0, 0.05) is 26.6 Å². The van der Waals surface area contributed by atoms with Crippen LogP contribution in [0.15, 0.2) is 0 Å². The summed E-state index contributed by atoms with van der Waals surface area (Å²) in [5.74, 6) is -0.341. The molecule has 5 heteroatoms. The van der Waals surface area contributed by atoms with Gasteiger partial charge in [-0.3, -0.25) is 9.69 Å². The fraction of sp³-hybridized carbons (Fsp3) is 0.800. The number of nitrogens with zero attached hydrogens (tertiary/aromatic N) is 2. The molecule has 5 nitrogen and oxygen atoms in total. The minimum absolute atomic E-state index is 0.298. The average molecular weight is 213 g/mol. The number of ether oxygens (including phenoxy) is 1. The van der Waals surface area contributed by atoms with Crippen LogP contribution >= 0.6 is 0 Å². The Labute approximate surface area is 90.8 Å². The van der Waals surface area contributed by atoms with Crippen molar-refractivity contribution in [1.82, 2.24) is 4.90 Å². The lowest BCUT2D eigenvalue weighted by Gasteiger charge is -2.27. The van der Waals surface area contributed by atoms with E-state index < -0.39 is 0 Å². The molecule has 0 radical (unpaired) electrons. The van der Waals surface area contributed by atoms with Gasteiger partial charge in [0.1, 0.15) is 0 Å². The van der Waals surface area contributed by atoms with Crippen LogP contribution in [-0.2, 0) is 9.53 Å². The minimum Gasteiger partial charge on any atom is -0.383 e. The van der Waals surface area contributed by atoms with Crippen LogP contribution in [0.1, 0.15) is 19.8 Å². The van der Waals surface area contributed by atoms with Gasteiger partial charge < -0.3 is 10.5 Å². The first-order valence-corrected chi connectivity index (χ1v) is 5.06. The van der Waals surface area contributed by atoms with Crippen molar-refractivity contribution in [2.24, 2.45) is 5.73 Å². The molecule has 0 aromatic rings. The summed E-state index contributed by atoms with van der Waals surface area (Å²) in [6, 6.07) is 1.76. The predicted octanol–water partition coefficient (Wildman–Crippen LogP) is 0.112. The van der Waals surface area contributed by atoms with Crippen LogP contribution in [0.4, 0.5) is 0 Å². The summed E-state index contributed by atoms with van der Waals surface area (Å²) in [5.41, 5.74) is 5.29. The largest absolute Gasteiger partial charge is 0.383 e. The number of nitriles is 1. The van der Waals surface area contributed by atoms with E-state index in [0.717, 1.165) is 0 Å². The van der Waals surface area contributed by atoms with Crippen molar-refractivity contribution in [1.29, 1.82) is 5.26 Å². The molecule has 0 rings (SSSR count). The molecule has 0 aromatic heterocycles. The Kier molecular flexibility index (Phi) is 7.60. The van der Waals surface area contributed by atoms with E-state index in [0.29, 0.717) is 32.5 Å². The van der Waals surface area contributed by atoms with Crippen LogP contribution in [0.5, 0.6) is 0 Å². The smallest absolute Gasteiger partial charge is 0.234 e. The highest BCUT2D eigenvalue weighted by Crippen LogP contribution is 2.04. The molecular formula is C10H19N3O2. The maximum Gasteiger partial charge on any atom is 0.234 e. The molecule has 1 amide bonds. The SMILES string of the molecule is CCC(C(N)=O)N(CCC#N)CCOC. The Morgan fingerprint density at radius 3 is 2.67 bits per heavy atom. The van der Waals surface area contributed by atoms with Gasteiger partial charge in [0.05, 0.1) is 18.7 Å². The fourth-order valence-electron chi connectivity index (χ4n) is 1.46. The molecule has 0 bridgehead atoms. The van der Waals surface area contributed by atoms with E-state index in [1.807, 2.05) is 11.8 Å². The lowest BCUT2D eigenvalue weighted by atomic mass is 10.1. The normalized spacial score (nSPS) is 12.4. The van der Waals surface area contributed by atoms with E-state index in [4.69, 9.17) is 15.7 Å². The number of carbonyl (C=O) groups is 1. The molecule has 0 spiro atoms. The Hall–Kier alpha value is -1.12. The van der Waals surface area contributed by atoms with E-state index in [9.17, 15) is 4.79 Å². The first kappa shape index (κ1) is 13.9. The maximum atomic E-state index is 11.2. The number of primary amides is 1. The number of carbonyl (C=O) groups excluding carboxylic acids is 1. The first-order valence-electron chi connectivity index (χ1n) is 5.06. The summed E-state index contributed by atoms with van der Waals surface area (Å²) >= 11 is 0. The summed E-state index contributed by atoms with van der Waals surface area (Å²) in [4.78, 5) is 13.1. The molecule has 0 saturated heterocycles. The van der Waals surface area contributed by atoms with Crippen molar-refractivity contribution in [3.8, 4) is 6.07 Å². The van der Waals surface area contributed by atoms with Crippen LogP contribution in [0.2, 0.25) is 0 Å². The Balaban J connectivity index is 4.30. The van der Waals surface area contributed by atoms with E-state index in [2.05, 4.69) is 6.07 Å². The lowest BCUT2D eigenvalue weighted by molar-refractivity contribution is -0.123. The van der Waals surface area contributed by atoms with Gasteiger partial charge in [-0.1, -0.05) is 6.92 Å². The summed E-state index contributed by atoms with van der Waals surface area (Å²) in [5, 5.41) is 8.51. The molecule has 0 fully saturated rings. The number of hydrogen-bond acceptors (Lipinski definition) is 4. The second-order valence-corrected chi connectivity index (χ2v) is 3.26. The molecule has 15 heavy (non-hydrogen) atoms. The molecule has 1 unspecified atom stereocenters. The summed E-state index contributed by atoms with van der Waals surface area (Å²) < 4.78 is 4.95. The highest BCUT2D eigenvalue weighted by molar-refractivity contribution is 5.79. The fourth-order valence-corrected chi connectivity index (χ4v) is 1.46. The van der Waals surface area contributed by atoms with Gasteiger partial charge in [-0.2, -0.15) is 5.26 Å². The third-order valence-electron chi connectivity index (χ3n) is 2.25. The molecular weight excluding hydrogens is 194 g/mol. The third kappa shape index (κ3) is 5.35. The highest BCUT2D eigenvalue weighted by atomic mass is 16.5. The van der Waals surface area contributed by atoms with Gasteiger partial charge in [-0.05, 0) is 6.42 Å². The standard InChI is InChI=1S/C10H19N3O2/c1-3-9(10(12)14)13(6-4-5-11)7-8-15-2/h9H,3-4,6-8H2,1-2H3,(H2,12,14). The van der Waals surface area contributed by atoms with Gasteiger partial charge in [0.15, 0.2) is 0 Å². The molecule has 1 atom stereocenters. The van der Waals surface area contributed by atoms with E-state index in [-0.39, 0.29) is 11.9 Å². The summed E-state index contributed by atoms with van der Waals surface area (Å²) in [6.07, 6.45) is 1.05. The molecule has 0 aliphatic rings. The molecule has 0 aromatic carbocycles. The number of rotatable bonds is 8. The monoisotopic (exact) mass is 213 g/mol. The quantitative estimate of drug-likeness (QED) is 0.620. The minimum atomic E-state index is -0.341. The predicted molar refractivity (Wildman–Crippen MR) is 57.0 cm³/mol. The van der Waals surface area contributed by atoms with Crippen LogP contribution in [-0.4, -0.2) is 43.7 Å². The lowest BCUT2D eigenvalue weighted by Crippen LogP contribution is -2.46.